The van der Waals surface area contributed by atoms with Crippen LogP contribution in [0.4, 0.5) is 0 Å². The normalized spacial score (nSPS) is 32.7. The lowest BCUT2D eigenvalue weighted by atomic mass is 10.1. The van der Waals surface area contributed by atoms with Gasteiger partial charge >= 0.3 is 0 Å². The standard InChI is InChI=1S/C6H9N3/c1-6(7)3-2-4-8-9-5-6/h2-5H,7H2,1H3/t6-/m0/s1. The average Bonchev–Trinajstić information content (AvgIpc) is 1.92. The minimum Gasteiger partial charge on any atom is -0.318 e. The van der Waals surface area contributed by atoms with Crippen LogP contribution in [0.5, 0.6) is 0 Å². The minimum atomic E-state index is -0.434. The van der Waals surface area contributed by atoms with E-state index >= 15 is 0 Å². The van der Waals surface area contributed by atoms with Crippen molar-refractivity contribution < 1.29 is 0 Å². The fourth-order valence-corrected chi connectivity index (χ4v) is 0.528. The Morgan fingerprint density at radius 1 is 1.44 bits per heavy atom. The molecule has 0 bridgehead atoms. The van der Waals surface area contributed by atoms with Crippen molar-refractivity contribution in [2.24, 2.45) is 15.9 Å². The summed E-state index contributed by atoms with van der Waals surface area (Å²) in [7, 11) is 0. The third kappa shape index (κ3) is 1.77. The molecule has 0 aromatic carbocycles. The van der Waals surface area contributed by atoms with Gasteiger partial charge in [0.2, 0.25) is 0 Å². The third-order valence-corrected chi connectivity index (χ3v) is 1.01. The van der Waals surface area contributed by atoms with E-state index in [0.29, 0.717) is 0 Å². The molecule has 1 aliphatic rings. The van der Waals surface area contributed by atoms with Crippen molar-refractivity contribution in [1.29, 1.82) is 0 Å². The molecule has 0 fully saturated rings. The lowest BCUT2D eigenvalue weighted by molar-refractivity contribution is 0.799. The monoisotopic (exact) mass is 123 g/mol. The van der Waals surface area contributed by atoms with Gasteiger partial charge in [0.25, 0.3) is 0 Å². The molecule has 9 heavy (non-hydrogen) atoms. The highest BCUT2D eigenvalue weighted by atomic mass is 15.2. The molecule has 0 saturated carbocycles. The van der Waals surface area contributed by atoms with Crippen molar-refractivity contribution in [3.05, 3.63) is 12.2 Å². The van der Waals surface area contributed by atoms with Crippen LogP contribution in [-0.4, -0.2) is 18.0 Å². The van der Waals surface area contributed by atoms with E-state index in [1.165, 1.54) is 0 Å². The first-order valence-corrected chi connectivity index (χ1v) is 2.75. The quantitative estimate of drug-likeness (QED) is 0.495. The molecule has 0 aromatic heterocycles. The Balaban J connectivity index is 2.82. The van der Waals surface area contributed by atoms with Gasteiger partial charge < -0.3 is 5.73 Å². The molecule has 1 heterocycles. The zero-order chi connectivity index (χ0) is 6.74. The molecular weight excluding hydrogens is 114 g/mol. The van der Waals surface area contributed by atoms with Crippen molar-refractivity contribution in [1.82, 2.24) is 0 Å². The van der Waals surface area contributed by atoms with Gasteiger partial charge in [-0.2, -0.15) is 10.2 Å². The van der Waals surface area contributed by atoms with Gasteiger partial charge in [0.15, 0.2) is 0 Å². The predicted octanol–water partition coefficient (Wildman–Crippen LogP) is 0.330. The van der Waals surface area contributed by atoms with E-state index in [4.69, 9.17) is 5.73 Å². The van der Waals surface area contributed by atoms with Gasteiger partial charge in [-0.15, -0.1) is 0 Å². The molecule has 2 N–H and O–H groups in total. The maximum atomic E-state index is 5.66. The van der Waals surface area contributed by atoms with E-state index in [-0.39, 0.29) is 0 Å². The van der Waals surface area contributed by atoms with Crippen molar-refractivity contribution in [2.45, 2.75) is 12.5 Å². The van der Waals surface area contributed by atoms with Crippen molar-refractivity contribution >= 4 is 12.4 Å². The van der Waals surface area contributed by atoms with Crippen LogP contribution in [0.15, 0.2) is 22.4 Å². The van der Waals surface area contributed by atoms with E-state index in [0.717, 1.165) is 0 Å². The zero-order valence-corrected chi connectivity index (χ0v) is 5.28. The van der Waals surface area contributed by atoms with Crippen molar-refractivity contribution in [3.8, 4) is 0 Å². The zero-order valence-electron chi connectivity index (χ0n) is 5.28. The lowest BCUT2D eigenvalue weighted by Gasteiger charge is -2.10. The first kappa shape index (κ1) is 6.16. The van der Waals surface area contributed by atoms with E-state index in [1.54, 1.807) is 18.5 Å². The number of nitrogens with zero attached hydrogens (tertiary/aromatic N) is 2. The van der Waals surface area contributed by atoms with E-state index in [2.05, 4.69) is 10.2 Å². The molecule has 0 aromatic rings. The third-order valence-electron chi connectivity index (χ3n) is 1.01. The van der Waals surface area contributed by atoms with Gasteiger partial charge in [-0.3, -0.25) is 0 Å². The van der Waals surface area contributed by atoms with Crippen LogP contribution in [0.1, 0.15) is 6.92 Å². The van der Waals surface area contributed by atoms with Crippen LogP contribution >= 0.6 is 0 Å². The summed E-state index contributed by atoms with van der Waals surface area (Å²) in [4.78, 5) is 0. The first-order valence-electron chi connectivity index (χ1n) is 2.75. The van der Waals surface area contributed by atoms with Crippen LogP contribution in [-0.2, 0) is 0 Å². The predicted molar refractivity (Wildman–Crippen MR) is 38.7 cm³/mol. The Morgan fingerprint density at radius 2 is 2.22 bits per heavy atom. The van der Waals surface area contributed by atoms with Crippen LogP contribution in [0.2, 0.25) is 0 Å². The van der Waals surface area contributed by atoms with E-state index in [9.17, 15) is 0 Å². The van der Waals surface area contributed by atoms with Gasteiger partial charge in [0, 0.05) is 6.21 Å². The summed E-state index contributed by atoms with van der Waals surface area (Å²) >= 11 is 0. The lowest BCUT2D eigenvalue weighted by Crippen LogP contribution is -2.34. The highest BCUT2D eigenvalue weighted by molar-refractivity contribution is 5.80. The number of allylic oxidation sites excluding steroid dienone is 1. The summed E-state index contributed by atoms with van der Waals surface area (Å²) in [5, 5.41) is 7.32. The Bertz CT molecular complexity index is 159. The molecule has 0 aliphatic carbocycles. The fraction of sp³-hybridized carbons (Fsp3) is 0.333. The van der Waals surface area contributed by atoms with Crippen LogP contribution < -0.4 is 5.73 Å². The Hall–Kier alpha value is -0.960. The first-order chi connectivity index (χ1) is 4.21. The van der Waals surface area contributed by atoms with Crippen LogP contribution in [0.25, 0.3) is 0 Å². The smallest absolute Gasteiger partial charge is 0.0692 e. The summed E-state index contributed by atoms with van der Waals surface area (Å²) < 4.78 is 0. The van der Waals surface area contributed by atoms with Gasteiger partial charge in [0.05, 0.1) is 11.8 Å². The average molecular weight is 123 g/mol. The van der Waals surface area contributed by atoms with E-state index in [1.807, 2.05) is 13.0 Å². The van der Waals surface area contributed by atoms with Crippen LogP contribution in [0.3, 0.4) is 0 Å². The molecule has 0 unspecified atom stereocenters. The highest BCUT2D eigenvalue weighted by Crippen LogP contribution is 1.98. The molecule has 3 heteroatoms. The SMILES string of the molecule is C[C@]1(N)C=CC=NN=C1. The Kier molecular flexibility index (Phi) is 1.44. The number of rotatable bonds is 0. The number of hydrogen-bond acceptors (Lipinski definition) is 3. The summed E-state index contributed by atoms with van der Waals surface area (Å²) in [5.41, 5.74) is 5.23. The van der Waals surface area contributed by atoms with Gasteiger partial charge in [-0.25, -0.2) is 0 Å². The summed E-state index contributed by atoms with van der Waals surface area (Å²) in [6.07, 6.45) is 6.83. The second-order valence-electron chi connectivity index (χ2n) is 2.23. The summed E-state index contributed by atoms with van der Waals surface area (Å²) in [6, 6.07) is 0. The molecule has 0 spiro atoms. The molecule has 0 saturated heterocycles. The van der Waals surface area contributed by atoms with E-state index < -0.39 is 5.54 Å². The molecule has 3 nitrogen and oxygen atoms in total. The largest absolute Gasteiger partial charge is 0.318 e. The molecule has 48 valence electrons. The maximum Gasteiger partial charge on any atom is 0.0692 e. The molecule has 1 aliphatic heterocycles. The molecule has 1 atom stereocenters. The van der Waals surface area contributed by atoms with Gasteiger partial charge in [-0.1, -0.05) is 6.08 Å². The molecule has 1 rings (SSSR count). The highest BCUT2D eigenvalue weighted by Gasteiger charge is 2.09. The Morgan fingerprint density at radius 3 is 3.00 bits per heavy atom. The molecule has 0 amide bonds. The van der Waals surface area contributed by atoms with Crippen molar-refractivity contribution in [2.75, 3.05) is 0 Å². The topological polar surface area (TPSA) is 50.7 Å². The maximum absolute atomic E-state index is 5.66. The molecule has 0 radical (unpaired) electrons. The van der Waals surface area contributed by atoms with Gasteiger partial charge in [-0.05, 0) is 13.0 Å². The minimum absolute atomic E-state index is 0.434. The number of hydrogen-bond donors (Lipinski definition) is 1. The summed E-state index contributed by atoms with van der Waals surface area (Å²) in [5.74, 6) is 0. The second-order valence-corrected chi connectivity index (χ2v) is 2.23. The molecular formula is C6H9N3. The second kappa shape index (κ2) is 2.11. The summed E-state index contributed by atoms with van der Waals surface area (Å²) in [6.45, 7) is 1.86. The number of nitrogens with two attached hydrogens (primary N) is 1. The van der Waals surface area contributed by atoms with Gasteiger partial charge in [0.1, 0.15) is 0 Å². The fourth-order valence-electron chi connectivity index (χ4n) is 0.528. The van der Waals surface area contributed by atoms with Crippen molar-refractivity contribution in [3.63, 3.8) is 0 Å². The van der Waals surface area contributed by atoms with Crippen LogP contribution in [0, 0.1) is 0 Å². The Labute approximate surface area is 54.0 Å².